The van der Waals surface area contributed by atoms with Crippen molar-refractivity contribution >= 4 is 34.3 Å². The van der Waals surface area contributed by atoms with Crippen LogP contribution < -0.4 is 20.1 Å². The maximum atomic E-state index is 13.2. The monoisotopic (exact) mass is 575 g/mol. The molecule has 0 aliphatic heterocycles. The fourth-order valence-electron chi connectivity index (χ4n) is 4.56. The normalized spacial score (nSPS) is 16.1. The summed E-state index contributed by atoms with van der Waals surface area (Å²) < 4.78 is 16.5. The van der Waals surface area contributed by atoms with E-state index in [1.165, 1.54) is 7.11 Å². The van der Waals surface area contributed by atoms with Gasteiger partial charge in [0, 0.05) is 23.1 Å². The second-order valence-corrected chi connectivity index (χ2v) is 11.0. The molecule has 9 nitrogen and oxygen atoms in total. The highest BCUT2D eigenvalue weighted by Crippen LogP contribution is 2.34. The van der Waals surface area contributed by atoms with Gasteiger partial charge >= 0.3 is 5.97 Å². The second-order valence-electron chi connectivity index (χ2n) is 11.0. The Morgan fingerprint density at radius 1 is 1.19 bits per heavy atom. The third-order valence-corrected chi connectivity index (χ3v) is 6.80. The van der Waals surface area contributed by atoms with Gasteiger partial charge in [-0.15, -0.1) is 0 Å². The third-order valence-electron chi connectivity index (χ3n) is 6.80. The molecule has 2 unspecified atom stereocenters. The molecule has 1 heterocycles. The van der Waals surface area contributed by atoms with Crippen molar-refractivity contribution in [3.8, 4) is 11.5 Å². The molecule has 2 amide bonds. The number of aromatic nitrogens is 1. The summed E-state index contributed by atoms with van der Waals surface area (Å²) in [5, 5.41) is 6.21. The first-order valence-corrected chi connectivity index (χ1v) is 14.0. The number of carbonyl (C=O) groups excluding carboxylic acids is 3. The number of esters is 1. The van der Waals surface area contributed by atoms with Gasteiger partial charge in [0.25, 0.3) is 0 Å². The summed E-state index contributed by atoms with van der Waals surface area (Å²) in [6.45, 7) is 11.1. The summed E-state index contributed by atoms with van der Waals surface area (Å²) in [5.74, 6) is -0.0452. The number of fused-ring (bicyclic) bond motifs is 1. The Morgan fingerprint density at radius 2 is 1.95 bits per heavy atom. The van der Waals surface area contributed by atoms with Crippen LogP contribution in [0.5, 0.6) is 11.5 Å². The van der Waals surface area contributed by atoms with Crippen molar-refractivity contribution in [3.63, 3.8) is 0 Å². The number of amides is 2. The molecule has 224 valence electrons. The maximum Gasteiger partial charge on any atom is 0.325 e. The van der Waals surface area contributed by atoms with E-state index in [0.717, 1.165) is 28.6 Å². The lowest BCUT2D eigenvalue weighted by molar-refractivity contribution is -0.141. The summed E-state index contributed by atoms with van der Waals surface area (Å²) in [4.78, 5) is 42.4. The fourth-order valence-corrected chi connectivity index (χ4v) is 4.56. The van der Waals surface area contributed by atoms with Crippen LogP contribution in [0, 0.1) is 5.41 Å². The SMILES string of the molecule is C=C/C=C\C(=C/CC)c1cc(OC2C=C(C(=O)NC(C(=O)NCC(=O)OC)C(C)(C)C)CC2)c2ccc(OC)cc2n1. The van der Waals surface area contributed by atoms with E-state index in [1.54, 1.807) is 19.3 Å². The van der Waals surface area contributed by atoms with Gasteiger partial charge in [-0.25, -0.2) is 4.98 Å². The number of methoxy groups -OCH3 is 2. The van der Waals surface area contributed by atoms with Gasteiger partial charge < -0.3 is 24.8 Å². The van der Waals surface area contributed by atoms with Crippen LogP contribution in [0.15, 0.2) is 66.8 Å². The van der Waals surface area contributed by atoms with Gasteiger partial charge in [-0.1, -0.05) is 58.6 Å². The van der Waals surface area contributed by atoms with Crippen LogP contribution in [0.2, 0.25) is 0 Å². The molecule has 0 bridgehead atoms. The smallest absolute Gasteiger partial charge is 0.325 e. The van der Waals surface area contributed by atoms with Gasteiger partial charge in [0.05, 0.1) is 25.4 Å². The Hall–Kier alpha value is -4.40. The molecule has 1 aromatic carbocycles. The van der Waals surface area contributed by atoms with Crippen LogP contribution in [0.25, 0.3) is 16.5 Å². The zero-order valence-corrected chi connectivity index (χ0v) is 25.3. The molecule has 9 heteroatoms. The van der Waals surface area contributed by atoms with Crippen LogP contribution >= 0.6 is 0 Å². The van der Waals surface area contributed by atoms with Crippen LogP contribution in [0.4, 0.5) is 0 Å². The predicted octanol–water partition coefficient (Wildman–Crippen LogP) is 5.07. The van der Waals surface area contributed by atoms with Crippen molar-refractivity contribution < 1.29 is 28.6 Å². The number of hydrogen-bond acceptors (Lipinski definition) is 7. The lowest BCUT2D eigenvalue weighted by atomic mass is 9.86. The minimum absolute atomic E-state index is 0.275. The number of ether oxygens (including phenoxy) is 3. The minimum atomic E-state index is -0.857. The number of carbonyl (C=O) groups is 3. The zero-order valence-electron chi connectivity index (χ0n) is 25.3. The minimum Gasteiger partial charge on any atom is -0.497 e. The summed E-state index contributed by atoms with van der Waals surface area (Å²) in [6, 6.07) is 6.70. The maximum absolute atomic E-state index is 13.2. The molecule has 2 atom stereocenters. The van der Waals surface area contributed by atoms with Crippen molar-refractivity contribution in [1.82, 2.24) is 15.6 Å². The summed E-state index contributed by atoms with van der Waals surface area (Å²) in [7, 11) is 2.86. The number of nitrogens with one attached hydrogen (secondary N) is 2. The highest BCUT2D eigenvalue weighted by molar-refractivity contribution is 5.98. The number of hydrogen-bond donors (Lipinski definition) is 2. The first kappa shape index (κ1) is 32.1. The van der Waals surface area contributed by atoms with Gasteiger partial charge in [0.2, 0.25) is 11.8 Å². The molecule has 0 radical (unpaired) electrons. The standard InChI is InChI=1S/C33H41N3O6/c1-8-10-12-21(11-9-2)26-19-28(25-16-15-23(40-6)18-27(25)35-26)42-24-14-13-22(17-24)31(38)36-30(33(3,4)5)32(39)34-20-29(37)41-7/h8,10-12,15-19,24,30H,1,9,13-14,20H2,2-7H3,(H,34,39)(H,36,38)/b12-10-,21-11+. The van der Waals surface area contributed by atoms with E-state index in [9.17, 15) is 14.4 Å². The average Bonchev–Trinajstić information content (AvgIpc) is 3.44. The lowest BCUT2D eigenvalue weighted by Gasteiger charge is -2.30. The van der Waals surface area contributed by atoms with Crippen molar-refractivity contribution in [1.29, 1.82) is 0 Å². The Bertz CT molecular complexity index is 1420. The molecular formula is C33H41N3O6. The lowest BCUT2D eigenvalue weighted by Crippen LogP contribution is -2.54. The Labute approximate surface area is 247 Å². The number of pyridine rings is 1. The molecule has 2 N–H and O–H groups in total. The summed E-state index contributed by atoms with van der Waals surface area (Å²) in [6.07, 6.45) is 11.0. The number of nitrogens with zero attached hydrogens (tertiary/aromatic N) is 1. The number of benzene rings is 1. The van der Waals surface area contributed by atoms with E-state index in [0.29, 0.717) is 29.9 Å². The first-order chi connectivity index (χ1) is 20.0. The third kappa shape index (κ3) is 8.31. The zero-order chi connectivity index (χ0) is 30.9. The highest BCUT2D eigenvalue weighted by atomic mass is 16.5. The van der Waals surface area contributed by atoms with Crippen molar-refractivity contribution in [2.75, 3.05) is 20.8 Å². The topological polar surface area (TPSA) is 116 Å². The van der Waals surface area contributed by atoms with Crippen molar-refractivity contribution in [2.24, 2.45) is 5.41 Å². The van der Waals surface area contributed by atoms with Gasteiger partial charge in [-0.2, -0.15) is 0 Å². The van der Waals surface area contributed by atoms with E-state index < -0.39 is 23.3 Å². The molecular weight excluding hydrogens is 534 g/mol. The van der Waals surface area contributed by atoms with Gasteiger partial charge in [0.15, 0.2) is 0 Å². The molecule has 2 aromatic rings. The molecule has 3 rings (SSSR count). The van der Waals surface area contributed by atoms with Crippen LogP contribution in [0.1, 0.15) is 52.7 Å². The number of allylic oxidation sites excluding steroid dienone is 5. The van der Waals surface area contributed by atoms with E-state index in [4.69, 9.17) is 14.5 Å². The highest BCUT2D eigenvalue weighted by Gasteiger charge is 2.34. The van der Waals surface area contributed by atoms with E-state index in [1.807, 2.05) is 57.2 Å². The van der Waals surface area contributed by atoms with Gasteiger partial charge in [-0.05, 0) is 48.5 Å². The van der Waals surface area contributed by atoms with Crippen molar-refractivity contribution in [3.05, 3.63) is 72.5 Å². The van der Waals surface area contributed by atoms with Gasteiger partial charge in [-0.3, -0.25) is 14.4 Å². The van der Waals surface area contributed by atoms with E-state index >= 15 is 0 Å². The molecule has 42 heavy (non-hydrogen) atoms. The fraction of sp³-hybridized carbons (Fsp3) is 0.394. The summed E-state index contributed by atoms with van der Waals surface area (Å²) in [5.41, 5.74) is 2.35. The average molecular weight is 576 g/mol. The molecule has 1 aromatic heterocycles. The predicted molar refractivity (Wildman–Crippen MR) is 164 cm³/mol. The molecule has 0 saturated carbocycles. The van der Waals surface area contributed by atoms with Gasteiger partial charge in [0.1, 0.15) is 30.2 Å². The summed E-state index contributed by atoms with van der Waals surface area (Å²) >= 11 is 0. The molecule has 1 aliphatic carbocycles. The number of rotatable bonds is 12. The van der Waals surface area contributed by atoms with E-state index in [-0.39, 0.29) is 18.6 Å². The van der Waals surface area contributed by atoms with Crippen LogP contribution in [-0.2, 0) is 19.1 Å². The van der Waals surface area contributed by atoms with E-state index in [2.05, 4.69) is 34.9 Å². The molecule has 0 spiro atoms. The van der Waals surface area contributed by atoms with Crippen molar-refractivity contribution in [2.45, 2.75) is 59.1 Å². The first-order valence-electron chi connectivity index (χ1n) is 14.0. The Kier molecular flexibility index (Phi) is 11.1. The molecule has 0 saturated heterocycles. The Balaban J connectivity index is 1.87. The quantitative estimate of drug-likeness (QED) is 0.268. The largest absolute Gasteiger partial charge is 0.497 e. The molecule has 0 fully saturated rings. The second kappa shape index (κ2) is 14.5. The Morgan fingerprint density at radius 3 is 2.60 bits per heavy atom. The molecule has 1 aliphatic rings. The van der Waals surface area contributed by atoms with Crippen LogP contribution in [0.3, 0.4) is 0 Å². The van der Waals surface area contributed by atoms with Crippen LogP contribution in [-0.4, -0.2) is 55.7 Å².